The molecule has 0 aliphatic heterocycles. The van der Waals surface area contributed by atoms with Gasteiger partial charge in [-0.05, 0) is 63.4 Å². The average molecular weight is 431 g/mol. The Morgan fingerprint density at radius 3 is 1.94 bits per heavy atom. The zero-order valence-corrected chi connectivity index (χ0v) is 20.5. The van der Waals surface area contributed by atoms with Gasteiger partial charge in [-0.2, -0.15) is 0 Å². The van der Waals surface area contributed by atoms with Crippen LogP contribution in [0, 0.1) is 23.2 Å². The molecule has 2 aliphatic rings. The van der Waals surface area contributed by atoms with Gasteiger partial charge in [0.1, 0.15) is 11.6 Å². The van der Waals surface area contributed by atoms with E-state index in [0.717, 1.165) is 43.9 Å². The Hall–Kier alpha value is -1.44. The molecule has 0 aromatic heterocycles. The minimum absolute atomic E-state index is 0. The van der Waals surface area contributed by atoms with E-state index >= 15 is 0 Å². The highest BCUT2D eigenvalue weighted by atomic mass is 16.1. The molecule has 0 bridgehead atoms. The zero-order chi connectivity index (χ0) is 22.6. The van der Waals surface area contributed by atoms with Gasteiger partial charge in [0.15, 0.2) is 0 Å². The van der Waals surface area contributed by atoms with Gasteiger partial charge < -0.3 is 0 Å². The van der Waals surface area contributed by atoms with Crippen LogP contribution in [0.5, 0.6) is 0 Å². The Morgan fingerprint density at radius 1 is 0.935 bits per heavy atom. The predicted octanol–water partition coefficient (Wildman–Crippen LogP) is 8.47. The molecule has 0 amide bonds. The second-order valence-corrected chi connectivity index (χ2v) is 9.57. The van der Waals surface area contributed by atoms with Gasteiger partial charge in [-0.3, -0.25) is 9.59 Å². The van der Waals surface area contributed by atoms with Crippen molar-refractivity contribution in [2.75, 3.05) is 0 Å². The first-order valence-electron chi connectivity index (χ1n) is 12.4. The summed E-state index contributed by atoms with van der Waals surface area (Å²) in [5.41, 5.74) is 1.21. The molecule has 0 spiro atoms. The van der Waals surface area contributed by atoms with Gasteiger partial charge in [0.25, 0.3) is 0 Å². The van der Waals surface area contributed by atoms with Crippen LogP contribution in [0.2, 0.25) is 0 Å². The molecule has 1 aromatic carbocycles. The molecule has 2 aliphatic carbocycles. The highest BCUT2D eigenvalue weighted by Crippen LogP contribution is 2.42. The summed E-state index contributed by atoms with van der Waals surface area (Å²) in [5.74, 6) is 2.73. The lowest BCUT2D eigenvalue weighted by Gasteiger charge is -2.31. The number of benzene rings is 1. The highest BCUT2D eigenvalue weighted by molar-refractivity contribution is 5.82. The molecule has 3 atom stereocenters. The molecule has 3 rings (SSSR count). The van der Waals surface area contributed by atoms with Crippen molar-refractivity contribution in [1.29, 1.82) is 0 Å². The summed E-state index contributed by atoms with van der Waals surface area (Å²) in [7, 11) is 0. The molecule has 0 N–H and O–H groups in total. The van der Waals surface area contributed by atoms with E-state index in [1.54, 1.807) is 13.8 Å². The van der Waals surface area contributed by atoms with Crippen LogP contribution < -0.4 is 0 Å². The molecule has 178 valence electrons. The number of Topliss-reactive ketones (excluding diaryl/α,β-unsaturated/α-hetero) is 2. The molecular weight excluding hydrogens is 380 g/mol. The second-order valence-electron chi connectivity index (χ2n) is 9.57. The standard InChI is InChI=1S/C19H28O.C7H12O.C2H6.CH4/c1-15-8-7-11-18(15)14-19(3,16(2)20)13-12-17-9-5-4-6-10-17;1-6(8)7-4-2-3-5-7;1-2;/h4-6,9-10,15,18H,7-8,11-14H2,1-3H3;7H,2-5H2,1H3;1-2H3;1H4/t15?,18-,19+;;;/m0.../s1. The number of hydrogen-bond donors (Lipinski definition) is 0. The van der Waals surface area contributed by atoms with Crippen molar-refractivity contribution < 1.29 is 9.59 Å². The second kappa shape index (κ2) is 15.4. The van der Waals surface area contributed by atoms with Gasteiger partial charge in [0.2, 0.25) is 0 Å². The summed E-state index contributed by atoms with van der Waals surface area (Å²) in [6.45, 7) is 12.0. The minimum atomic E-state index is -0.140. The van der Waals surface area contributed by atoms with Crippen molar-refractivity contribution in [2.24, 2.45) is 23.2 Å². The van der Waals surface area contributed by atoms with Gasteiger partial charge >= 0.3 is 0 Å². The van der Waals surface area contributed by atoms with Crippen LogP contribution in [0.1, 0.15) is 112 Å². The van der Waals surface area contributed by atoms with E-state index in [1.807, 2.05) is 19.9 Å². The monoisotopic (exact) mass is 430 g/mol. The highest BCUT2D eigenvalue weighted by Gasteiger charge is 2.35. The minimum Gasteiger partial charge on any atom is -0.300 e. The first-order valence-corrected chi connectivity index (χ1v) is 12.4. The maximum atomic E-state index is 12.2. The number of rotatable bonds is 7. The van der Waals surface area contributed by atoms with E-state index in [4.69, 9.17) is 0 Å². The number of aryl methyl sites for hydroxylation is 1. The fourth-order valence-corrected chi connectivity index (χ4v) is 4.92. The lowest BCUT2D eigenvalue weighted by Crippen LogP contribution is -2.30. The van der Waals surface area contributed by atoms with Gasteiger partial charge in [-0.1, -0.05) is 97.6 Å². The van der Waals surface area contributed by atoms with Crippen molar-refractivity contribution in [2.45, 2.75) is 113 Å². The van der Waals surface area contributed by atoms with Crippen LogP contribution in [0.15, 0.2) is 30.3 Å². The molecule has 2 heteroatoms. The average Bonchev–Trinajstić information content (AvgIpc) is 3.42. The third kappa shape index (κ3) is 10.1. The molecule has 1 aromatic rings. The Balaban J connectivity index is 0.000000687. The fourth-order valence-electron chi connectivity index (χ4n) is 4.92. The fraction of sp³-hybridized carbons (Fsp3) is 0.724. The Kier molecular flexibility index (Phi) is 14.7. The molecule has 2 fully saturated rings. The summed E-state index contributed by atoms with van der Waals surface area (Å²) in [5, 5.41) is 0. The molecule has 0 radical (unpaired) electrons. The Bertz CT molecular complexity index is 615. The maximum Gasteiger partial charge on any atom is 0.135 e. The molecular formula is C29H50O2. The van der Waals surface area contributed by atoms with Crippen molar-refractivity contribution in [1.82, 2.24) is 0 Å². The van der Waals surface area contributed by atoms with E-state index < -0.39 is 0 Å². The zero-order valence-electron chi connectivity index (χ0n) is 20.5. The van der Waals surface area contributed by atoms with E-state index in [1.165, 1.54) is 37.7 Å². The molecule has 0 heterocycles. The largest absolute Gasteiger partial charge is 0.300 e. The van der Waals surface area contributed by atoms with Crippen LogP contribution in [0.3, 0.4) is 0 Å². The lowest BCUT2D eigenvalue weighted by molar-refractivity contribution is -0.127. The van der Waals surface area contributed by atoms with Crippen LogP contribution in [-0.4, -0.2) is 11.6 Å². The van der Waals surface area contributed by atoms with Crippen molar-refractivity contribution in [3.05, 3.63) is 35.9 Å². The molecule has 2 nitrogen and oxygen atoms in total. The van der Waals surface area contributed by atoms with Gasteiger partial charge in [-0.25, -0.2) is 0 Å². The van der Waals surface area contributed by atoms with Gasteiger partial charge in [0.05, 0.1) is 0 Å². The Morgan fingerprint density at radius 2 is 1.52 bits per heavy atom. The van der Waals surface area contributed by atoms with E-state index in [2.05, 4.69) is 38.1 Å². The first-order chi connectivity index (χ1) is 14.3. The van der Waals surface area contributed by atoms with Gasteiger partial charge in [-0.15, -0.1) is 0 Å². The van der Waals surface area contributed by atoms with Gasteiger partial charge in [0, 0.05) is 11.3 Å². The van der Waals surface area contributed by atoms with Crippen LogP contribution >= 0.6 is 0 Å². The number of hydrogen-bond acceptors (Lipinski definition) is 2. The summed E-state index contributed by atoms with van der Waals surface area (Å²) in [6.07, 6.45) is 11.9. The third-order valence-electron chi connectivity index (χ3n) is 7.34. The number of carbonyl (C=O) groups is 2. The topological polar surface area (TPSA) is 34.1 Å². The Labute approximate surface area is 193 Å². The van der Waals surface area contributed by atoms with E-state index in [0.29, 0.717) is 17.5 Å². The number of ketones is 2. The van der Waals surface area contributed by atoms with E-state index in [9.17, 15) is 9.59 Å². The molecule has 1 unspecified atom stereocenters. The van der Waals surface area contributed by atoms with Crippen molar-refractivity contribution in [3.8, 4) is 0 Å². The van der Waals surface area contributed by atoms with Crippen LogP contribution in [0.4, 0.5) is 0 Å². The van der Waals surface area contributed by atoms with Crippen LogP contribution in [0.25, 0.3) is 0 Å². The summed E-state index contributed by atoms with van der Waals surface area (Å²) in [6, 6.07) is 10.5. The van der Waals surface area contributed by atoms with Crippen molar-refractivity contribution in [3.63, 3.8) is 0 Å². The van der Waals surface area contributed by atoms with Crippen LogP contribution in [-0.2, 0) is 16.0 Å². The SMILES string of the molecule is C.CC.CC(=O)C1CCCC1.CC(=O)[C@](C)(CCc1ccccc1)C[C@@H]1CCCC1C. The summed E-state index contributed by atoms with van der Waals surface area (Å²) in [4.78, 5) is 22.8. The predicted molar refractivity (Wildman–Crippen MR) is 135 cm³/mol. The first kappa shape index (κ1) is 29.6. The molecule has 0 saturated heterocycles. The molecule has 31 heavy (non-hydrogen) atoms. The summed E-state index contributed by atoms with van der Waals surface area (Å²) >= 11 is 0. The van der Waals surface area contributed by atoms with Crippen molar-refractivity contribution >= 4 is 11.6 Å². The quantitative estimate of drug-likeness (QED) is 0.434. The van der Waals surface area contributed by atoms with E-state index in [-0.39, 0.29) is 12.8 Å². The third-order valence-corrected chi connectivity index (χ3v) is 7.34. The number of carbonyl (C=O) groups excluding carboxylic acids is 2. The normalized spacial score (nSPS) is 22.1. The molecule has 2 saturated carbocycles. The lowest BCUT2D eigenvalue weighted by atomic mass is 9.72. The smallest absolute Gasteiger partial charge is 0.135 e. The summed E-state index contributed by atoms with van der Waals surface area (Å²) < 4.78 is 0. The maximum absolute atomic E-state index is 12.2.